The van der Waals surface area contributed by atoms with Crippen molar-refractivity contribution in [3.63, 3.8) is 0 Å². The van der Waals surface area contributed by atoms with Crippen LogP contribution >= 0.6 is 0 Å². The molecule has 1 N–H and O–H groups in total. The molecule has 90 valence electrons. The number of nitrogens with zero attached hydrogens (tertiary/aromatic N) is 1. The van der Waals surface area contributed by atoms with Gasteiger partial charge in [-0.1, -0.05) is 31.3 Å². The number of allylic oxidation sites excluding steroid dienone is 2. The van der Waals surface area contributed by atoms with Gasteiger partial charge >= 0.3 is 0 Å². The van der Waals surface area contributed by atoms with E-state index in [-0.39, 0.29) is 0 Å². The summed E-state index contributed by atoms with van der Waals surface area (Å²) in [6, 6.07) is 0.490. The molecule has 1 aliphatic heterocycles. The maximum atomic E-state index is 3.60. The van der Waals surface area contributed by atoms with Crippen LogP contribution in [0.3, 0.4) is 0 Å². The van der Waals surface area contributed by atoms with E-state index in [9.17, 15) is 0 Å². The Balaban J connectivity index is 2.83. The second-order valence-electron chi connectivity index (χ2n) is 5.57. The summed E-state index contributed by atoms with van der Waals surface area (Å²) in [5.41, 5.74) is 6.28. The molecule has 1 rings (SSSR count). The monoisotopic (exact) mass is 220 g/mol. The van der Waals surface area contributed by atoms with Gasteiger partial charge in [0.2, 0.25) is 0 Å². The Hall–Kier alpha value is -0.695. The van der Waals surface area contributed by atoms with Gasteiger partial charge in [0.25, 0.3) is 0 Å². The van der Waals surface area contributed by atoms with Crippen molar-refractivity contribution in [1.29, 1.82) is 0 Å². The lowest BCUT2D eigenvalue weighted by Crippen LogP contribution is -2.51. The number of rotatable bonds is 3. The van der Waals surface area contributed by atoms with E-state index in [1.165, 1.54) is 18.5 Å². The highest BCUT2D eigenvalue weighted by Crippen LogP contribution is 2.18. The van der Waals surface area contributed by atoms with Gasteiger partial charge in [0, 0.05) is 12.0 Å². The van der Waals surface area contributed by atoms with Crippen molar-refractivity contribution in [2.24, 2.45) is 0 Å². The molecule has 0 aromatic rings. The fourth-order valence-electron chi connectivity index (χ4n) is 2.05. The molecule has 1 unspecified atom stereocenters. The van der Waals surface area contributed by atoms with E-state index in [0.29, 0.717) is 12.0 Å². The molecule has 0 aromatic heterocycles. The molecule has 0 aliphatic carbocycles. The van der Waals surface area contributed by atoms with Crippen LogP contribution in [-0.2, 0) is 0 Å². The Bertz CT molecular complexity index is 288. The Kier molecular flexibility index (Phi) is 4.66. The predicted octanol–water partition coefficient (Wildman–Crippen LogP) is 2.66. The second kappa shape index (κ2) is 5.58. The summed E-state index contributed by atoms with van der Waals surface area (Å²) in [6.45, 7) is 13.3. The van der Waals surface area contributed by atoms with Crippen LogP contribution in [0.15, 0.2) is 23.4 Å². The van der Waals surface area contributed by atoms with Gasteiger partial charge in [-0.25, -0.2) is 5.43 Å². The molecule has 1 aliphatic rings. The third kappa shape index (κ3) is 3.41. The summed E-state index contributed by atoms with van der Waals surface area (Å²) in [7, 11) is 1.19. The molecule has 0 amide bonds. The zero-order valence-electron chi connectivity index (χ0n) is 11.5. The van der Waals surface area contributed by atoms with Gasteiger partial charge in [0.05, 0.1) is 5.70 Å². The SMILES string of the molecule is CC(C)=C1C=CC(BC(C)C)NN1C(C)C. The van der Waals surface area contributed by atoms with E-state index >= 15 is 0 Å². The third-order valence-electron chi connectivity index (χ3n) is 2.80. The fourth-order valence-corrected chi connectivity index (χ4v) is 2.05. The summed E-state index contributed by atoms with van der Waals surface area (Å²) in [6.07, 6.45) is 4.56. The minimum Gasteiger partial charge on any atom is -0.306 e. The molecular weight excluding hydrogens is 195 g/mol. The molecule has 0 fully saturated rings. The van der Waals surface area contributed by atoms with Crippen molar-refractivity contribution in [3.05, 3.63) is 23.4 Å². The van der Waals surface area contributed by atoms with E-state index in [1.807, 2.05) is 0 Å². The van der Waals surface area contributed by atoms with E-state index in [4.69, 9.17) is 0 Å². The Morgan fingerprint density at radius 1 is 1.31 bits per heavy atom. The maximum Gasteiger partial charge on any atom is 0.152 e. The largest absolute Gasteiger partial charge is 0.306 e. The predicted molar refractivity (Wildman–Crippen MR) is 73.7 cm³/mol. The summed E-state index contributed by atoms with van der Waals surface area (Å²) < 4.78 is 0. The first-order valence-corrected chi connectivity index (χ1v) is 6.33. The Labute approximate surface area is 101 Å². The zero-order valence-corrected chi connectivity index (χ0v) is 11.5. The third-order valence-corrected chi connectivity index (χ3v) is 2.80. The molecule has 1 heterocycles. The van der Waals surface area contributed by atoms with Crippen molar-refractivity contribution in [1.82, 2.24) is 10.4 Å². The van der Waals surface area contributed by atoms with Crippen LogP contribution in [0.1, 0.15) is 41.5 Å². The highest BCUT2D eigenvalue weighted by molar-refractivity contribution is 6.40. The van der Waals surface area contributed by atoms with Crippen LogP contribution < -0.4 is 5.43 Å². The van der Waals surface area contributed by atoms with Crippen molar-refractivity contribution in [3.8, 4) is 0 Å². The first kappa shape index (κ1) is 13.4. The van der Waals surface area contributed by atoms with E-state index in [1.54, 1.807) is 0 Å². The number of hydrogen-bond donors (Lipinski definition) is 1. The van der Waals surface area contributed by atoms with Crippen LogP contribution in [0.25, 0.3) is 0 Å². The smallest absolute Gasteiger partial charge is 0.152 e. The molecule has 0 aromatic carbocycles. The lowest BCUT2D eigenvalue weighted by atomic mass is 9.59. The lowest BCUT2D eigenvalue weighted by molar-refractivity contribution is 0.195. The van der Waals surface area contributed by atoms with Crippen molar-refractivity contribution < 1.29 is 0 Å². The summed E-state index contributed by atoms with van der Waals surface area (Å²) >= 11 is 0. The first-order chi connectivity index (χ1) is 7.41. The van der Waals surface area contributed by atoms with Gasteiger partial charge in [0.15, 0.2) is 7.28 Å². The average molecular weight is 220 g/mol. The van der Waals surface area contributed by atoms with Crippen molar-refractivity contribution >= 4 is 7.28 Å². The van der Waals surface area contributed by atoms with Crippen LogP contribution in [-0.4, -0.2) is 24.3 Å². The Morgan fingerprint density at radius 3 is 2.38 bits per heavy atom. The minimum absolute atomic E-state index is 0.477. The zero-order chi connectivity index (χ0) is 12.3. The Morgan fingerprint density at radius 2 is 1.94 bits per heavy atom. The maximum absolute atomic E-state index is 3.60. The standard InChI is InChI=1S/C13H25BN2/c1-9(2)12-7-8-13(14-10(3)4)15-16(12)11(5)6/h7-8,10-11,13-15H,1-6H3. The van der Waals surface area contributed by atoms with E-state index in [2.05, 4.69) is 64.1 Å². The summed E-state index contributed by atoms with van der Waals surface area (Å²) in [5, 5.41) is 2.29. The van der Waals surface area contributed by atoms with Crippen molar-refractivity contribution in [2.45, 2.75) is 59.3 Å². The van der Waals surface area contributed by atoms with Gasteiger partial charge < -0.3 is 5.01 Å². The highest BCUT2D eigenvalue weighted by Gasteiger charge is 2.21. The summed E-state index contributed by atoms with van der Waals surface area (Å²) in [5.74, 6) is 1.20. The first-order valence-electron chi connectivity index (χ1n) is 6.33. The topological polar surface area (TPSA) is 15.3 Å². The molecule has 0 saturated heterocycles. The van der Waals surface area contributed by atoms with Crippen molar-refractivity contribution in [2.75, 3.05) is 0 Å². The van der Waals surface area contributed by atoms with E-state index < -0.39 is 0 Å². The number of nitrogens with one attached hydrogen (secondary N) is 1. The molecule has 3 heteroatoms. The minimum atomic E-state index is 0.477. The molecule has 0 bridgehead atoms. The molecule has 16 heavy (non-hydrogen) atoms. The fraction of sp³-hybridized carbons (Fsp3) is 0.692. The number of hydrogen-bond acceptors (Lipinski definition) is 2. The highest BCUT2D eigenvalue weighted by atomic mass is 15.5. The van der Waals surface area contributed by atoms with Gasteiger partial charge in [-0.3, -0.25) is 0 Å². The number of hydrazine groups is 1. The van der Waals surface area contributed by atoms with Gasteiger partial charge in [0.1, 0.15) is 0 Å². The van der Waals surface area contributed by atoms with Crippen LogP contribution in [0.5, 0.6) is 0 Å². The van der Waals surface area contributed by atoms with Gasteiger partial charge in [-0.2, -0.15) is 0 Å². The quantitative estimate of drug-likeness (QED) is 0.735. The molecule has 0 radical (unpaired) electrons. The van der Waals surface area contributed by atoms with Crippen LogP contribution in [0.2, 0.25) is 5.82 Å². The summed E-state index contributed by atoms with van der Waals surface area (Å²) in [4.78, 5) is 0. The van der Waals surface area contributed by atoms with Crippen LogP contribution in [0, 0.1) is 0 Å². The van der Waals surface area contributed by atoms with Gasteiger partial charge in [-0.05, 0) is 33.8 Å². The average Bonchev–Trinajstić information content (AvgIpc) is 2.16. The molecule has 1 atom stereocenters. The molecule has 2 nitrogen and oxygen atoms in total. The molecule has 0 spiro atoms. The second-order valence-corrected chi connectivity index (χ2v) is 5.57. The van der Waals surface area contributed by atoms with E-state index in [0.717, 1.165) is 5.82 Å². The molecular formula is C13H25BN2. The molecule has 0 saturated carbocycles. The lowest BCUT2D eigenvalue weighted by Gasteiger charge is -2.38. The van der Waals surface area contributed by atoms with Crippen LogP contribution in [0.4, 0.5) is 0 Å². The van der Waals surface area contributed by atoms with Gasteiger partial charge in [-0.15, -0.1) is 0 Å². The normalized spacial score (nSPS) is 20.9.